The Bertz CT molecular complexity index is 1160. The summed E-state index contributed by atoms with van der Waals surface area (Å²) in [6, 6.07) is 20.1. The van der Waals surface area contributed by atoms with Gasteiger partial charge in [-0.05, 0) is 67.5 Å². The number of carboxylic acid groups (broad SMARTS) is 1. The van der Waals surface area contributed by atoms with Crippen molar-refractivity contribution in [2.45, 2.75) is 37.5 Å². The number of carbonyl (C=O) groups is 1. The summed E-state index contributed by atoms with van der Waals surface area (Å²) in [5.41, 5.74) is 5.66. The second-order valence-electron chi connectivity index (χ2n) is 7.73. The zero-order valence-electron chi connectivity index (χ0n) is 15.6. The topological polar surface area (TPSA) is 54.6 Å². The molecule has 2 aromatic heterocycles. The van der Waals surface area contributed by atoms with Crippen molar-refractivity contribution >= 4 is 22.5 Å². The van der Waals surface area contributed by atoms with Gasteiger partial charge in [0.25, 0.3) is 0 Å². The fourth-order valence-corrected chi connectivity index (χ4v) is 4.66. The van der Waals surface area contributed by atoms with E-state index in [-0.39, 0.29) is 5.56 Å². The molecule has 0 saturated heterocycles. The van der Waals surface area contributed by atoms with Crippen LogP contribution in [-0.2, 0) is 0 Å². The first-order valence-electron chi connectivity index (χ1n) is 9.89. The van der Waals surface area contributed by atoms with Crippen molar-refractivity contribution in [2.75, 3.05) is 0 Å². The maximum atomic E-state index is 11.4. The summed E-state index contributed by atoms with van der Waals surface area (Å²) < 4.78 is 2.15. The lowest BCUT2D eigenvalue weighted by Crippen LogP contribution is -2.14. The van der Waals surface area contributed by atoms with Gasteiger partial charge in [0.05, 0.1) is 27.8 Å². The number of aromatic nitrogens is 2. The molecule has 0 aliphatic heterocycles. The van der Waals surface area contributed by atoms with Gasteiger partial charge in [0, 0.05) is 12.1 Å². The molecule has 2 aromatic carbocycles. The van der Waals surface area contributed by atoms with Gasteiger partial charge in [-0.3, -0.25) is 0 Å². The third kappa shape index (κ3) is 2.85. The highest BCUT2D eigenvalue weighted by Crippen LogP contribution is 2.41. The van der Waals surface area contributed by atoms with E-state index >= 15 is 0 Å². The Kier molecular flexibility index (Phi) is 4.12. The fraction of sp³-hybridized carbons (Fsp3) is 0.250. The summed E-state index contributed by atoms with van der Waals surface area (Å²) in [6.45, 7) is 0. The molecule has 4 nitrogen and oxygen atoms in total. The molecule has 0 radical (unpaired) electrons. The molecule has 0 amide bonds. The van der Waals surface area contributed by atoms with Crippen molar-refractivity contribution in [1.82, 2.24) is 9.38 Å². The Morgan fingerprint density at radius 2 is 1.64 bits per heavy atom. The minimum absolute atomic E-state index is 0.283. The van der Waals surface area contributed by atoms with Crippen LogP contribution in [0.4, 0.5) is 0 Å². The summed E-state index contributed by atoms with van der Waals surface area (Å²) in [7, 11) is 0. The molecule has 0 spiro atoms. The monoisotopic (exact) mass is 370 g/mol. The number of carboxylic acids is 1. The second kappa shape index (κ2) is 6.79. The maximum Gasteiger partial charge on any atom is 0.335 e. The van der Waals surface area contributed by atoms with Crippen molar-refractivity contribution in [2.24, 2.45) is 0 Å². The quantitative estimate of drug-likeness (QED) is 0.509. The molecule has 4 aromatic rings. The Labute approximate surface area is 163 Å². The van der Waals surface area contributed by atoms with Crippen LogP contribution in [0.15, 0.2) is 66.9 Å². The molecule has 2 heterocycles. The summed E-state index contributed by atoms with van der Waals surface area (Å²) in [5, 5.41) is 9.34. The molecular formula is C24H22N2O2. The predicted octanol–water partition coefficient (Wildman–Crippen LogP) is 5.63. The van der Waals surface area contributed by atoms with Crippen molar-refractivity contribution < 1.29 is 9.90 Å². The Balaban J connectivity index is 1.51. The van der Waals surface area contributed by atoms with Crippen molar-refractivity contribution in [3.8, 4) is 0 Å². The van der Waals surface area contributed by atoms with E-state index in [4.69, 9.17) is 4.98 Å². The smallest absolute Gasteiger partial charge is 0.335 e. The van der Waals surface area contributed by atoms with E-state index in [1.807, 2.05) is 18.3 Å². The fourth-order valence-electron chi connectivity index (χ4n) is 4.66. The van der Waals surface area contributed by atoms with Crippen LogP contribution in [0.5, 0.6) is 0 Å². The van der Waals surface area contributed by atoms with Gasteiger partial charge in [-0.15, -0.1) is 0 Å². The van der Waals surface area contributed by atoms with Gasteiger partial charge in [-0.25, -0.2) is 9.78 Å². The van der Waals surface area contributed by atoms with E-state index in [1.54, 1.807) is 12.1 Å². The molecule has 140 valence electrons. The van der Waals surface area contributed by atoms with Crippen LogP contribution in [0.3, 0.4) is 0 Å². The van der Waals surface area contributed by atoms with Gasteiger partial charge in [0.2, 0.25) is 0 Å². The van der Waals surface area contributed by atoms with Crippen LogP contribution in [-0.4, -0.2) is 20.5 Å². The first kappa shape index (κ1) is 17.0. The number of hydrogen-bond acceptors (Lipinski definition) is 2. The zero-order valence-corrected chi connectivity index (χ0v) is 15.6. The van der Waals surface area contributed by atoms with Crippen LogP contribution in [0.1, 0.15) is 59.1 Å². The van der Waals surface area contributed by atoms with Gasteiger partial charge >= 0.3 is 5.97 Å². The third-order valence-electron chi connectivity index (χ3n) is 6.12. The Hall–Kier alpha value is -3.14. The van der Waals surface area contributed by atoms with E-state index in [1.165, 1.54) is 5.56 Å². The minimum atomic E-state index is -0.916. The number of aromatic carboxylic acids is 1. The zero-order chi connectivity index (χ0) is 19.1. The lowest BCUT2D eigenvalue weighted by molar-refractivity contribution is 0.0697. The molecule has 1 N–H and O–H groups in total. The van der Waals surface area contributed by atoms with Gasteiger partial charge in [0.1, 0.15) is 0 Å². The molecular weight excluding hydrogens is 348 g/mol. The van der Waals surface area contributed by atoms with Crippen molar-refractivity contribution in [3.63, 3.8) is 0 Å². The van der Waals surface area contributed by atoms with Gasteiger partial charge < -0.3 is 9.51 Å². The summed E-state index contributed by atoms with van der Waals surface area (Å²) >= 11 is 0. The third-order valence-corrected chi connectivity index (χ3v) is 6.12. The first-order chi connectivity index (χ1) is 13.7. The average molecular weight is 370 g/mol. The highest BCUT2D eigenvalue weighted by molar-refractivity contribution is 5.93. The molecule has 28 heavy (non-hydrogen) atoms. The number of rotatable bonds is 3. The summed E-state index contributed by atoms with van der Waals surface area (Å²) in [6.07, 6.45) is 6.58. The molecule has 0 atom stereocenters. The SMILES string of the molecule is O=C(O)c1ccc2c(c1)nc(C1CCC(c3ccccc3)CC1)c1cccn12. The number of nitrogens with zero attached hydrogens (tertiary/aromatic N) is 2. The molecule has 0 unspecified atom stereocenters. The predicted molar refractivity (Wildman–Crippen MR) is 110 cm³/mol. The van der Waals surface area contributed by atoms with E-state index in [0.717, 1.165) is 47.9 Å². The lowest BCUT2D eigenvalue weighted by atomic mass is 9.77. The van der Waals surface area contributed by atoms with E-state index in [9.17, 15) is 9.90 Å². The highest BCUT2D eigenvalue weighted by Gasteiger charge is 2.26. The number of benzene rings is 2. The molecule has 1 aliphatic rings. The number of fused-ring (bicyclic) bond motifs is 3. The van der Waals surface area contributed by atoms with Crippen LogP contribution < -0.4 is 0 Å². The summed E-state index contributed by atoms with van der Waals surface area (Å²) in [4.78, 5) is 16.3. The Morgan fingerprint density at radius 1 is 0.893 bits per heavy atom. The Morgan fingerprint density at radius 3 is 2.39 bits per heavy atom. The van der Waals surface area contributed by atoms with E-state index in [0.29, 0.717) is 11.8 Å². The average Bonchev–Trinajstić information content (AvgIpc) is 3.24. The van der Waals surface area contributed by atoms with Crippen LogP contribution in [0.25, 0.3) is 16.6 Å². The maximum absolute atomic E-state index is 11.4. The first-order valence-corrected chi connectivity index (χ1v) is 9.89. The lowest BCUT2D eigenvalue weighted by Gasteiger charge is -2.29. The molecule has 5 rings (SSSR count). The van der Waals surface area contributed by atoms with Crippen LogP contribution in [0, 0.1) is 0 Å². The molecule has 1 fully saturated rings. The highest BCUT2D eigenvalue weighted by atomic mass is 16.4. The summed E-state index contributed by atoms with van der Waals surface area (Å²) in [5.74, 6) is 0.121. The second-order valence-corrected chi connectivity index (χ2v) is 7.73. The normalized spacial score (nSPS) is 19.9. The molecule has 0 bridgehead atoms. The standard InChI is InChI=1S/C24H22N2O2/c27-24(28)19-12-13-21-20(15-19)25-23(22-7-4-14-26(21)22)18-10-8-17(9-11-18)16-5-2-1-3-6-16/h1-7,12-15,17-18H,8-11H2,(H,27,28). The van der Waals surface area contributed by atoms with E-state index in [2.05, 4.69) is 40.8 Å². The molecule has 1 aliphatic carbocycles. The van der Waals surface area contributed by atoms with Gasteiger partial charge in [-0.1, -0.05) is 30.3 Å². The largest absolute Gasteiger partial charge is 0.478 e. The van der Waals surface area contributed by atoms with E-state index < -0.39 is 5.97 Å². The molecule has 4 heteroatoms. The van der Waals surface area contributed by atoms with Gasteiger partial charge in [-0.2, -0.15) is 0 Å². The van der Waals surface area contributed by atoms with Crippen LogP contribution >= 0.6 is 0 Å². The number of hydrogen-bond donors (Lipinski definition) is 1. The van der Waals surface area contributed by atoms with Crippen molar-refractivity contribution in [3.05, 3.63) is 83.7 Å². The molecule has 1 saturated carbocycles. The van der Waals surface area contributed by atoms with Crippen molar-refractivity contribution in [1.29, 1.82) is 0 Å². The van der Waals surface area contributed by atoms with Gasteiger partial charge in [0.15, 0.2) is 0 Å². The minimum Gasteiger partial charge on any atom is -0.478 e. The van der Waals surface area contributed by atoms with Crippen LogP contribution in [0.2, 0.25) is 0 Å².